The molecule has 0 bridgehead atoms. The quantitative estimate of drug-likeness (QED) is 0.621. The summed E-state index contributed by atoms with van der Waals surface area (Å²) in [5, 5.41) is 12.3. The lowest BCUT2D eigenvalue weighted by atomic mass is 10.2. The molecule has 4 heteroatoms. The van der Waals surface area contributed by atoms with Crippen LogP contribution in [-0.4, -0.2) is 30.9 Å². The third-order valence-corrected chi connectivity index (χ3v) is 3.53. The van der Waals surface area contributed by atoms with E-state index in [9.17, 15) is 0 Å². The Balaban J connectivity index is 1.60. The number of ether oxygens (including phenoxy) is 2. The minimum absolute atomic E-state index is 0.288. The molecule has 0 saturated heterocycles. The molecule has 0 amide bonds. The van der Waals surface area contributed by atoms with Crippen LogP contribution >= 0.6 is 0 Å². The third-order valence-electron chi connectivity index (χ3n) is 3.53. The first-order valence-electron chi connectivity index (χ1n) is 8.52. The first kappa shape index (κ1) is 18.3. The Labute approximate surface area is 144 Å². The summed E-state index contributed by atoms with van der Waals surface area (Å²) in [6.45, 7) is 4.59. The molecule has 0 aliphatic rings. The Morgan fingerprint density at radius 1 is 0.917 bits per heavy atom. The van der Waals surface area contributed by atoms with Gasteiger partial charge in [-0.15, -0.1) is 0 Å². The highest BCUT2D eigenvalue weighted by atomic mass is 16.5. The second-order valence-corrected chi connectivity index (χ2v) is 5.85. The van der Waals surface area contributed by atoms with Crippen molar-refractivity contribution in [1.29, 1.82) is 0 Å². The van der Waals surface area contributed by atoms with E-state index in [4.69, 9.17) is 14.6 Å². The Morgan fingerprint density at radius 2 is 1.58 bits per heavy atom. The lowest BCUT2D eigenvalue weighted by Crippen LogP contribution is -2.25. The molecule has 1 atom stereocenters. The molecule has 2 N–H and O–H groups in total. The van der Waals surface area contributed by atoms with Crippen LogP contribution in [-0.2, 0) is 6.61 Å². The van der Waals surface area contributed by atoms with Crippen molar-refractivity contribution < 1.29 is 14.6 Å². The van der Waals surface area contributed by atoms with E-state index in [1.54, 1.807) is 6.92 Å². The highest BCUT2D eigenvalue weighted by Crippen LogP contribution is 2.18. The standard InChI is InChI=1S/C20H27NO3/c1-17(22)15-21-13-5-6-14-23-19-9-11-20(12-10-19)24-16-18-7-3-2-4-8-18/h2-4,7-12,17,21-22H,5-6,13-16H2,1H3/t17-/m0/s1. The minimum Gasteiger partial charge on any atom is -0.494 e. The summed E-state index contributed by atoms with van der Waals surface area (Å²) in [4.78, 5) is 0. The van der Waals surface area contributed by atoms with Crippen LogP contribution in [0.1, 0.15) is 25.3 Å². The summed E-state index contributed by atoms with van der Waals surface area (Å²) in [6.07, 6.45) is 1.73. The van der Waals surface area contributed by atoms with Gasteiger partial charge in [0.25, 0.3) is 0 Å². The largest absolute Gasteiger partial charge is 0.494 e. The summed E-state index contributed by atoms with van der Waals surface area (Å²) in [5.74, 6) is 1.70. The summed E-state index contributed by atoms with van der Waals surface area (Å²) in [5.41, 5.74) is 1.15. The Kier molecular flexibility index (Phi) is 8.15. The second-order valence-electron chi connectivity index (χ2n) is 5.85. The van der Waals surface area contributed by atoms with Gasteiger partial charge in [-0.1, -0.05) is 30.3 Å². The predicted molar refractivity (Wildman–Crippen MR) is 96.5 cm³/mol. The molecule has 2 aromatic carbocycles. The number of unbranched alkanes of at least 4 members (excludes halogenated alkanes) is 1. The van der Waals surface area contributed by atoms with Crippen molar-refractivity contribution in [3.05, 3.63) is 60.2 Å². The fraction of sp³-hybridized carbons (Fsp3) is 0.400. The second kappa shape index (κ2) is 10.7. The number of aliphatic hydroxyl groups is 1. The van der Waals surface area contributed by atoms with Crippen LogP contribution < -0.4 is 14.8 Å². The van der Waals surface area contributed by atoms with Crippen LogP contribution in [0.3, 0.4) is 0 Å². The fourth-order valence-corrected chi connectivity index (χ4v) is 2.23. The van der Waals surface area contributed by atoms with Crippen LogP contribution in [0, 0.1) is 0 Å². The molecule has 2 rings (SSSR count). The predicted octanol–water partition coefficient (Wildman–Crippen LogP) is 3.40. The molecule has 2 aromatic rings. The van der Waals surface area contributed by atoms with E-state index in [-0.39, 0.29) is 6.10 Å². The Bertz CT molecular complexity index is 555. The molecule has 0 fully saturated rings. The zero-order valence-corrected chi connectivity index (χ0v) is 14.3. The summed E-state index contributed by atoms with van der Waals surface area (Å²) < 4.78 is 11.5. The van der Waals surface area contributed by atoms with Gasteiger partial charge in [0.1, 0.15) is 18.1 Å². The fourth-order valence-electron chi connectivity index (χ4n) is 2.23. The van der Waals surface area contributed by atoms with Crippen molar-refractivity contribution in [2.24, 2.45) is 0 Å². The van der Waals surface area contributed by atoms with Gasteiger partial charge < -0.3 is 19.9 Å². The lowest BCUT2D eigenvalue weighted by Gasteiger charge is -2.09. The highest BCUT2D eigenvalue weighted by molar-refractivity contribution is 5.31. The van der Waals surface area contributed by atoms with Gasteiger partial charge in [0.15, 0.2) is 0 Å². The molecular weight excluding hydrogens is 302 g/mol. The molecule has 0 spiro atoms. The van der Waals surface area contributed by atoms with Crippen LogP contribution in [0.4, 0.5) is 0 Å². The number of benzene rings is 2. The van der Waals surface area contributed by atoms with E-state index in [2.05, 4.69) is 5.32 Å². The maximum atomic E-state index is 9.13. The lowest BCUT2D eigenvalue weighted by molar-refractivity contribution is 0.191. The van der Waals surface area contributed by atoms with Gasteiger partial charge in [0, 0.05) is 6.54 Å². The van der Waals surface area contributed by atoms with Crippen molar-refractivity contribution in [2.75, 3.05) is 19.7 Å². The smallest absolute Gasteiger partial charge is 0.120 e. The maximum Gasteiger partial charge on any atom is 0.120 e. The average molecular weight is 329 g/mol. The van der Waals surface area contributed by atoms with Gasteiger partial charge in [0.05, 0.1) is 12.7 Å². The van der Waals surface area contributed by atoms with E-state index in [1.807, 2.05) is 54.6 Å². The topological polar surface area (TPSA) is 50.7 Å². The highest BCUT2D eigenvalue weighted by Gasteiger charge is 1.98. The van der Waals surface area contributed by atoms with Gasteiger partial charge >= 0.3 is 0 Å². The molecule has 130 valence electrons. The molecule has 24 heavy (non-hydrogen) atoms. The van der Waals surface area contributed by atoms with Crippen molar-refractivity contribution in [3.8, 4) is 11.5 Å². The molecular formula is C20H27NO3. The number of hydrogen-bond donors (Lipinski definition) is 2. The van der Waals surface area contributed by atoms with Crippen molar-refractivity contribution in [3.63, 3.8) is 0 Å². The normalized spacial score (nSPS) is 11.9. The third kappa shape index (κ3) is 7.49. The van der Waals surface area contributed by atoms with Crippen molar-refractivity contribution in [1.82, 2.24) is 5.32 Å². The van der Waals surface area contributed by atoms with Crippen LogP contribution in [0.25, 0.3) is 0 Å². The molecule has 0 saturated carbocycles. The molecule has 0 aromatic heterocycles. The zero-order valence-electron chi connectivity index (χ0n) is 14.3. The monoisotopic (exact) mass is 329 g/mol. The van der Waals surface area contributed by atoms with E-state index in [1.165, 1.54) is 0 Å². The van der Waals surface area contributed by atoms with E-state index in [0.29, 0.717) is 19.8 Å². The molecule has 0 aliphatic heterocycles. The average Bonchev–Trinajstić information content (AvgIpc) is 2.61. The number of nitrogens with one attached hydrogen (secondary N) is 1. The first-order chi connectivity index (χ1) is 11.7. The van der Waals surface area contributed by atoms with E-state index < -0.39 is 0 Å². The summed E-state index contributed by atoms with van der Waals surface area (Å²) in [6, 6.07) is 17.9. The molecule has 0 aliphatic carbocycles. The van der Waals surface area contributed by atoms with E-state index >= 15 is 0 Å². The Hall–Kier alpha value is -2.04. The molecule has 4 nitrogen and oxygen atoms in total. The van der Waals surface area contributed by atoms with Gasteiger partial charge in [-0.2, -0.15) is 0 Å². The maximum absolute atomic E-state index is 9.13. The SMILES string of the molecule is C[C@H](O)CNCCCCOc1ccc(OCc2ccccc2)cc1. The van der Waals surface area contributed by atoms with Crippen LogP contribution in [0.15, 0.2) is 54.6 Å². The molecule has 0 heterocycles. The number of aliphatic hydroxyl groups excluding tert-OH is 1. The van der Waals surface area contributed by atoms with E-state index in [0.717, 1.165) is 36.4 Å². The molecule has 0 unspecified atom stereocenters. The Morgan fingerprint density at radius 3 is 2.25 bits per heavy atom. The zero-order chi connectivity index (χ0) is 17.0. The summed E-state index contributed by atoms with van der Waals surface area (Å²) in [7, 11) is 0. The van der Waals surface area contributed by atoms with Gasteiger partial charge in [-0.25, -0.2) is 0 Å². The van der Waals surface area contributed by atoms with Gasteiger partial charge in [0.2, 0.25) is 0 Å². The number of rotatable bonds is 11. The van der Waals surface area contributed by atoms with Gasteiger partial charge in [-0.3, -0.25) is 0 Å². The minimum atomic E-state index is -0.288. The van der Waals surface area contributed by atoms with Gasteiger partial charge in [-0.05, 0) is 56.1 Å². The van der Waals surface area contributed by atoms with Crippen molar-refractivity contribution in [2.45, 2.75) is 32.5 Å². The number of hydrogen-bond acceptors (Lipinski definition) is 4. The summed E-state index contributed by atoms with van der Waals surface area (Å²) >= 11 is 0. The van der Waals surface area contributed by atoms with Crippen LogP contribution in [0.2, 0.25) is 0 Å². The van der Waals surface area contributed by atoms with Crippen molar-refractivity contribution >= 4 is 0 Å². The first-order valence-corrected chi connectivity index (χ1v) is 8.52. The molecule has 0 radical (unpaired) electrons. The van der Waals surface area contributed by atoms with Crippen LogP contribution in [0.5, 0.6) is 11.5 Å².